The zero-order chi connectivity index (χ0) is 11.5. The molecule has 0 aliphatic rings. The van der Waals surface area contributed by atoms with Gasteiger partial charge < -0.3 is 14.9 Å². The lowest BCUT2D eigenvalue weighted by molar-refractivity contribution is 0.0967. The minimum absolute atomic E-state index is 0.120. The van der Waals surface area contributed by atoms with Gasteiger partial charge in [-0.15, -0.1) is 0 Å². The van der Waals surface area contributed by atoms with Gasteiger partial charge in [-0.05, 0) is 6.07 Å². The molecule has 0 aliphatic carbocycles. The molecular formula is C10H9N3O3. The van der Waals surface area contributed by atoms with Crippen molar-refractivity contribution in [2.24, 2.45) is 5.73 Å². The number of ether oxygens (including phenoxy) is 1. The van der Waals surface area contributed by atoms with Crippen LogP contribution in [0.25, 0.3) is 11.3 Å². The molecule has 6 nitrogen and oxygen atoms in total. The maximum atomic E-state index is 10.8. The molecule has 2 aromatic rings. The number of methoxy groups -OCH3 is 1. The fourth-order valence-corrected chi connectivity index (χ4v) is 1.17. The van der Waals surface area contributed by atoms with E-state index in [1.54, 1.807) is 18.3 Å². The molecule has 0 saturated carbocycles. The predicted molar refractivity (Wildman–Crippen MR) is 54.8 cm³/mol. The van der Waals surface area contributed by atoms with E-state index in [1.807, 2.05) is 0 Å². The summed E-state index contributed by atoms with van der Waals surface area (Å²) < 4.78 is 9.81. The van der Waals surface area contributed by atoms with Gasteiger partial charge in [0.1, 0.15) is 12.0 Å². The molecule has 0 fully saturated rings. The summed E-state index contributed by atoms with van der Waals surface area (Å²) in [6.45, 7) is 0. The Morgan fingerprint density at radius 1 is 1.50 bits per heavy atom. The zero-order valence-electron chi connectivity index (χ0n) is 8.51. The summed E-state index contributed by atoms with van der Waals surface area (Å²) in [7, 11) is 1.53. The van der Waals surface area contributed by atoms with Crippen LogP contribution < -0.4 is 10.5 Å². The molecule has 0 aromatic carbocycles. The highest BCUT2D eigenvalue weighted by molar-refractivity contribution is 5.88. The molecule has 6 heteroatoms. The molecule has 16 heavy (non-hydrogen) atoms. The fourth-order valence-electron chi connectivity index (χ4n) is 1.17. The van der Waals surface area contributed by atoms with Gasteiger partial charge in [-0.25, -0.2) is 9.97 Å². The molecule has 82 valence electrons. The van der Waals surface area contributed by atoms with Crippen molar-refractivity contribution in [1.29, 1.82) is 0 Å². The number of aromatic nitrogens is 2. The maximum Gasteiger partial charge on any atom is 0.304 e. The van der Waals surface area contributed by atoms with Crippen LogP contribution in [-0.4, -0.2) is 23.0 Å². The maximum absolute atomic E-state index is 10.8. The van der Waals surface area contributed by atoms with Gasteiger partial charge in [0.05, 0.1) is 7.11 Å². The van der Waals surface area contributed by atoms with Crippen molar-refractivity contribution >= 4 is 5.91 Å². The minimum atomic E-state index is -0.701. The third-order valence-corrected chi connectivity index (χ3v) is 1.96. The highest BCUT2D eigenvalue weighted by atomic mass is 16.5. The lowest BCUT2D eigenvalue weighted by Gasteiger charge is -1.98. The second-order valence-corrected chi connectivity index (χ2v) is 2.99. The first-order valence-corrected chi connectivity index (χ1v) is 4.46. The highest BCUT2D eigenvalue weighted by Crippen LogP contribution is 2.19. The average molecular weight is 219 g/mol. The molecular weight excluding hydrogens is 210 g/mol. The Kier molecular flexibility index (Phi) is 2.55. The Morgan fingerprint density at radius 2 is 2.31 bits per heavy atom. The molecule has 2 heterocycles. The standard InChI is InChI=1S/C10H9N3O3/c1-15-8-3-2-6(4-12-8)7-5-16-10(13-7)9(11)14/h2-5H,1H3,(H2,11,14). The topological polar surface area (TPSA) is 91.2 Å². The predicted octanol–water partition coefficient (Wildman–Crippen LogP) is 0.844. The summed E-state index contributed by atoms with van der Waals surface area (Å²) in [6, 6.07) is 3.45. The quantitative estimate of drug-likeness (QED) is 0.825. The Hall–Kier alpha value is -2.37. The molecule has 0 spiro atoms. The largest absolute Gasteiger partial charge is 0.481 e. The Labute approximate surface area is 91.1 Å². The van der Waals surface area contributed by atoms with Crippen molar-refractivity contribution in [3.8, 4) is 17.1 Å². The van der Waals surface area contributed by atoms with Crippen LogP contribution in [0.4, 0.5) is 0 Å². The first-order valence-electron chi connectivity index (χ1n) is 4.46. The van der Waals surface area contributed by atoms with Crippen molar-refractivity contribution in [3.05, 3.63) is 30.5 Å². The summed E-state index contributed by atoms with van der Waals surface area (Å²) >= 11 is 0. The van der Waals surface area contributed by atoms with E-state index in [1.165, 1.54) is 13.4 Å². The first-order chi connectivity index (χ1) is 7.70. The minimum Gasteiger partial charge on any atom is -0.481 e. The number of hydrogen-bond donors (Lipinski definition) is 1. The SMILES string of the molecule is COc1ccc(-c2coc(C(N)=O)n2)cn1. The third-order valence-electron chi connectivity index (χ3n) is 1.96. The van der Waals surface area contributed by atoms with Gasteiger partial charge in [-0.2, -0.15) is 0 Å². The second-order valence-electron chi connectivity index (χ2n) is 2.99. The number of hydrogen-bond acceptors (Lipinski definition) is 5. The van der Waals surface area contributed by atoms with E-state index >= 15 is 0 Å². The van der Waals surface area contributed by atoms with Crippen molar-refractivity contribution < 1.29 is 13.9 Å². The molecule has 2 N–H and O–H groups in total. The van der Waals surface area contributed by atoms with Gasteiger partial charge in [-0.1, -0.05) is 0 Å². The lowest BCUT2D eigenvalue weighted by Crippen LogP contribution is -2.10. The van der Waals surface area contributed by atoms with Crippen LogP contribution in [0.5, 0.6) is 5.88 Å². The van der Waals surface area contributed by atoms with Crippen LogP contribution in [0.1, 0.15) is 10.7 Å². The van der Waals surface area contributed by atoms with Crippen LogP contribution in [-0.2, 0) is 0 Å². The van der Waals surface area contributed by atoms with E-state index < -0.39 is 5.91 Å². The number of pyridine rings is 1. The lowest BCUT2D eigenvalue weighted by atomic mass is 10.2. The van der Waals surface area contributed by atoms with Gasteiger partial charge in [0.2, 0.25) is 5.88 Å². The molecule has 0 atom stereocenters. The van der Waals surface area contributed by atoms with Crippen LogP contribution in [0.15, 0.2) is 29.0 Å². The number of amides is 1. The van der Waals surface area contributed by atoms with Crippen molar-refractivity contribution in [2.75, 3.05) is 7.11 Å². The Balaban J connectivity index is 2.31. The fraction of sp³-hybridized carbons (Fsp3) is 0.100. The number of carbonyl (C=O) groups is 1. The molecule has 0 unspecified atom stereocenters. The van der Waals surface area contributed by atoms with E-state index in [9.17, 15) is 4.79 Å². The smallest absolute Gasteiger partial charge is 0.304 e. The normalized spacial score (nSPS) is 10.1. The van der Waals surface area contributed by atoms with Crippen molar-refractivity contribution in [2.45, 2.75) is 0 Å². The van der Waals surface area contributed by atoms with Gasteiger partial charge >= 0.3 is 5.91 Å². The van der Waals surface area contributed by atoms with E-state index in [2.05, 4.69) is 9.97 Å². The number of primary amides is 1. The molecule has 0 radical (unpaired) electrons. The van der Waals surface area contributed by atoms with E-state index in [0.717, 1.165) is 5.56 Å². The molecule has 1 amide bonds. The summed E-state index contributed by atoms with van der Waals surface area (Å²) in [6.07, 6.45) is 2.92. The van der Waals surface area contributed by atoms with Crippen LogP contribution in [0.3, 0.4) is 0 Å². The highest BCUT2D eigenvalue weighted by Gasteiger charge is 2.10. The first kappa shape index (κ1) is 10.2. The van der Waals surface area contributed by atoms with Gasteiger partial charge in [0.15, 0.2) is 0 Å². The van der Waals surface area contributed by atoms with E-state index in [-0.39, 0.29) is 5.89 Å². The van der Waals surface area contributed by atoms with Crippen LogP contribution in [0, 0.1) is 0 Å². The Bertz CT molecular complexity index is 504. The monoisotopic (exact) mass is 219 g/mol. The van der Waals surface area contributed by atoms with Crippen molar-refractivity contribution in [1.82, 2.24) is 9.97 Å². The van der Waals surface area contributed by atoms with Gasteiger partial charge in [0.25, 0.3) is 5.89 Å². The van der Waals surface area contributed by atoms with E-state index in [4.69, 9.17) is 14.9 Å². The Morgan fingerprint density at radius 3 is 2.81 bits per heavy atom. The molecule has 0 bridgehead atoms. The van der Waals surface area contributed by atoms with Crippen molar-refractivity contribution in [3.63, 3.8) is 0 Å². The number of nitrogens with two attached hydrogens (primary N) is 1. The number of carbonyl (C=O) groups excluding carboxylic acids is 1. The molecule has 2 rings (SSSR count). The summed E-state index contributed by atoms with van der Waals surface area (Å²) in [5.74, 6) is -0.319. The summed E-state index contributed by atoms with van der Waals surface area (Å²) in [5, 5.41) is 0. The third kappa shape index (κ3) is 1.85. The van der Waals surface area contributed by atoms with Crippen LogP contribution in [0.2, 0.25) is 0 Å². The van der Waals surface area contributed by atoms with Gasteiger partial charge in [0, 0.05) is 17.8 Å². The van der Waals surface area contributed by atoms with Crippen LogP contribution >= 0.6 is 0 Å². The molecule has 2 aromatic heterocycles. The van der Waals surface area contributed by atoms with E-state index in [0.29, 0.717) is 11.6 Å². The average Bonchev–Trinajstić information content (AvgIpc) is 2.78. The number of oxazole rings is 1. The summed E-state index contributed by atoms with van der Waals surface area (Å²) in [4.78, 5) is 18.7. The number of nitrogens with zero attached hydrogens (tertiary/aromatic N) is 2. The molecule has 0 saturated heterocycles. The second kappa shape index (κ2) is 4.01. The zero-order valence-corrected chi connectivity index (χ0v) is 8.51. The number of rotatable bonds is 3. The summed E-state index contributed by atoms with van der Waals surface area (Å²) in [5.41, 5.74) is 6.24. The molecule has 0 aliphatic heterocycles. The van der Waals surface area contributed by atoms with Gasteiger partial charge in [-0.3, -0.25) is 4.79 Å².